The number of aliphatic carboxylic acids is 1. The standard InChI is InChI=1S/C12H15ClFNO4S/c1-3-7(2)11(12(16)17)15-20(18,19)9-6-4-5-8(13)10(9)14/h4-7,11,15H,3H2,1-2H3,(H,16,17). The van der Waals surface area contributed by atoms with E-state index in [0.717, 1.165) is 6.07 Å². The molecule has 0 aliphatic carbocycles. The predicted octanol–water partition coefficient (Wildman–Crippen LogP) is 2.26. The second-order valence-corrected chi connectivity index (χ2v) is 6.46. The fraction of sp³-hybridized carbons (Fsp3) is 0.417. The van der Waals surface area contributed by atoms with E-state index in [4.69, 9.17) is 16.7 Å². The fourth-order valence-electron chi connectivity index (χ4n) is 1.57. The molecular formula is C12H15ClFNO4S. The second-order valence-electron chi connectivity index (χ2n) is 4.37. The lowest BCUT2D eigenvalue weighted by molar-refractivity contribution is -0.140. The van der Waals surface area contributed by atoms with Crippen molar-refractivity contribution < 1.29 is 22.7 Å². The Hall–Kier alpha value is -1.18. The normalized spacial score (nSPS) is 14.8. The maximum absolute atomic E-state index is 13.7. The Bertz CT molecular complexity index is 605. The van der Waals surface area contributed by atoms with Gasteiger partial charge in [0.15, 0.2) is 5.82 Å². The van der Waals surface area contributed by atoms with Crippen LogP contribution in [-0.2, 0) is 14.8 Å². The zero-order valence-electron chi connectivity index (χ0n) is 10.9. The van der Waals surface area contributed by atoms with Crippen LogP contribution >= 0.6 is 11.6 Å². The SMILES string of the molecule is CCC(C)C(NS(=O)(=O)c1cccc(Cl)c1F)C(=O)O. The van der Waals surface area contributed by atoms with E-state index in [0.29, 0.717) is 6.42 Å². The van der Waals surface area contributed by atoms with E-state index in [9.17, 15) is 17.6 Å². The summed E-state index contributed by atoms with van der Waals surface area (Å²) in [6.07, 6.45) is 0.456. The van der Waals surface area contributed by atoms with Crippen LogP contribution in [0.25, 0.3) is 0 Å². The summed E-state index contributed by atoms with van der Waals surface area (Å²) < 4.78 is 39.9. The number of sulfonamides is 1. The van der Waals surface area contributed by atoms with Crippen LogP contribution < -0.4 is 4.72 Å². The van der Waals surface area contributed by atoms with Crippen LogP contribution in [-0.4, -0.2) is 25.5 Å². The van der Waals surface area contributed by atoms with Gasteiger partial charge >= 0.3 is 5.97 Å². The summed E-state index contributed by atoms with van der Waals surface area (Å²) in [7, 11) is -4.30. The zero-order chi connectivity index (χ0) is 15.5. The van der Waals surface area contributed by atoms with Gasteiger partial charge in [0.2, 0.25) is 10.0 Å². The summed E-state index contributed by atoms with van der Waals surface area (Å²) in [6, 6.07) is 2.18. The van der Waals surface area contributed by atoms with Gasteiger partial charge in [-0.05, 0) is 18.1 Å². The average Bonchev–Trinajstić information content (AvgIpc) is 2.37. The lowest BCUT2D eigenvalue weighted by atomic mass is 10.0. The molecule has 1 aromatic rings. The number of carboxylic acid groups (broad SMARTS) is 1. The van der Waals surface area contributed by atoms with Gasteiger partial charge in [0.1, 0.15) is 10.9 Å². The van der Waals surface area contributed by atoms with Gasteiger partial charge in [0, 0.05) is 0 Å². The van der Waals surface area contributed by atoms with Crippen LogP contribution in [0.5, 0.6) is 0 Å². The average molecular weight is 324 g/mol. The van der Waals surface area contributed by atoms with Gasteiger partial charge in [-0.3, -0.25) is 4.79 Å². The molecule has 0 aliphatic heterocycles. The summed E-state index contributed by atoms with van der Waals surface area (Å²) in [5.41, 5.74) is 0. The summed E-state index contributed by atoms with van der Waals surface area (Å²) in [6.45, 7) is 3.32. The molecule has 2 atom stereocenters. The van der Waals surface area contributed by atoms with Gasteiger partial charge in [0.25, 0.3) is 0 Å². The maximum Gasteiger partial charge on any atom is 0.322 e. The number of nitrogens with one attached hydrogen (secondary N) is 1. The minimum atomic E-state index is -4.30. The van der Waals surface area contributed by atoms with Crippen molar-refractivity contribution in [1.29, 1.82) is 0 Å². The van der Waals surface area contributed by atoms with Crippen molar-refractivity contribution in [1.82, 2.24) is 4.72 Å². The van der Waals surface area contributed by atoms with Crippen molar-refractivity contribution in [3.63, 3.8) is 0 Å². The number of carboxylic acids is 1. The third-order valence-corrected chi connectivity index (χ3v) is 4.72. The molecule has 0 saturated carbocycles. The molecule has 0 aliphatic rings. The third-order valence-electron chi connectivity index (χ3n) is 2.97. The molecule has 1 aromatic carbocycles. The lowest BCUT2D eigenvalue weighted by Crippen LogP contribution is -2.45. The first-order valence-electron chi connectivity index (χ1n) is 5.89. The first-order valence-corrected chi connectivity index (χ1v) is 7.76. The van der Waals surface area contributed by atoms with Crippen LogP contribution in [0.2, 0.25) is 5.02 Å². The molecule has 2 N–H and O–H groups in total. The minimum absolute atomic E-state index is 0.344. The van der Waals surface area contributed by atoms with Crippen molar-refractivity contribution >= 4 is 27.6 Å². The molecule has 0 radical (unpaired) electrons. The number of benzene rings is 1. The van der Waals surface area contributed by atoms with Crippen molar-refractivity contribution in [2.24, 2.45) is 5.92 Å². The highest BCUT2D eigenvalue weighted by Gasteiger charge is 2.31. The van der Waals surface area contributed by atoms with E-state index < -0.39 is 38.7 Å². The Balaban J connectivity index is 3.17. The van der Waals surface area contributed by atoms with Crippen LogP contribution in [0.4, 0.5) is 4.39 Å². The first-order chi connectivity index (χ1) is 9.20. The summed E-state index contributed by atoms with van der Waals surface area (Å²) >= 11 is 5.53. The van der Waals surface area contributed by atoms with Crippen LogP contribution in [0.15, 0.2) is 23.1 Å². The largest absolute Gasteiger partial charge is 0.480 e. The Morgan fingerprint density at radius 2 is 2.10 bits per heavy atom. The van der Waals surface area contributed by atoms with Crippen molar-refractivity contribution in [3.8, 4) is 0 Å². The van der Waals surface area contributed by atoms with E-state index in [1.165, 1.54) is 12.1 Å². The fourth-order valence-corrected chi connectivity index (χ4v) is 3.20. The molecule has 0 fully saturated rings. The Labute approximate surface area is 121 Å². The quantitative estimate of drug-likeness (QED) is 0.841. The number of hydrogen-bond acceptors (Lipinski definition) is 3. The van der Waals surface area contributed by atoms with Gasteiger partial charge in [-0.15, -0.1) is 0 Å². The van der Waals surface area contributed by atoms with Crippen LogP contribution in [0.3, 0.4) is 0 Å². The summed E-state index contributed by atoms with van der Waals surface area (Å²) in [4.78, 5) is 10.4. The highest BCUT2D eigenvalue weighted by molar-refractivity contribution is 7.89. The molecule has 20 heavy (non-hydrogen) atoms. The molecular weight excluding hydrogens is 309 g/mol. The van der Waals surface area contributed by atoms with Gasteiger partial charge in [-0.2, -0.15) is 4.72 Å². The van der Waals surface area contributed by atoms with E-state index in [1.807, 2.05) is 4.72 Å². The van der Waals surface area contributed by atoms with Crippen LogP contribution in [0, 0.1) is 11.7 Å². The number of rotatable bonds is 6. The summed E-state index contributed by atoms with van der Waals surface area (Å²) in [5.74, 6) is -2.86. The highest BCUT2D eigenvalue weighted by atomic mass is 35.5. The van der Waals surface area contributed by atoms with Gasteiger partial charge < -0.3 is 5.11 Å². The van der Waals surface area contributed by atoms with E-state index in [-0.39, 0.29) is 5.02 Å². The van der Waals surface area contributed by atoms with E-state index >= 15 is 0 Å². The molecule has 0 heterocycles. The molecule has 0 amide bonds. The molecule has 112 valence electrons. The maximum atomic E-state index is 13.7. The number of hydrogen-bond donors (Lipinski definition) is 2. The summed E-state index contributed by atoms with van der Waals surface area (Å²) in [5, 5.41) is 8.72. The molecule has 0 saturated heterocycles. The molecule has 0 bridgehead atoms. The van der Waals surface area contributed by atoms with Crippen molar-refractivity contribution in [3.05, 3.63) is 29.0 Å². The van der Waals surface area contributed by atoms with E-state index in [2.05, 4.69) is 0 Å². The Morgan fingerprint density at radius 1 is 1.50 bits per heavy atom. The number of halogens is 2. The number of carbonyl (C=O) groups is 1. The Kier molecular flexibility index (Phi) is 5.50. The molecule has 8 heteroatoms. The molecule has 5 nitrogen and oxygen atoms in total. The van der Waals surface area contributed by atoms with Crippen LogP contribution in [0.1, 0.15) is 20.3 Å². The van der Waals surface area contributed by atoms with Gasteiger partial charge in [-0.1, -0.05) is 37.9 Å². The minimum Gasteiger partial charge on any atom is -0.480 e. The Morgan fingerprint density at radius 3 is 2.60 bits per heavy atom. The predicted molar refractivity (Wildman–Crippen MR) is 72.6 cm³/mol. The zero-order valence-corrected chi connectivity index (χ0v) is 12.5. The van der Waals surface area contributed by atoms with Gasteiger partial charge in [-0.25, -0.2) is 12.8 Å². The molecule has 0 aromatic heterocycles. The molecule has 2 unspecified atom stereocenters. The monoisotopic (exact) mass is 323 g/mol. The molecule has 1 rings (SSSR count). The van der Waals surface area contributed by atoms with Gasteiger partial charge in [0.05, 0.1) is 5.02 Å². The lowest BCUT2D eigenvalue weighted by Gasteiger charge is -2.20. The van der Waals surface area contributed by atoms with Crippen molar-refractivity contribution in [2.75, 3.05) is 0 Å². The smallest absolute Gasteiger partial charge is 0.322 e. The topological polar surface area (TPSA) is 83.5 Å². The first kappa shape index (κ1) is 16.9. The van der Waals surface area contributed by atoms with Crippen molar-refractivity contribution in [2.45, 2.75) is 31.2 Å². The highest BCUT2D eigenvalue weighted by Crippen LogP contribution is 2.22. The third kappa shape index (κ3) is 3.68. The van der Waals surface area contributed by atoms with E-state index in [1.54, 1.807) is 13.8 Å². The molecule has 0 spiro atoms. The second kappa shape index (κ2) is 6.51.